The second kappa shape index (κ2) is 5.45. The van der Waals surface area contributed by atoms with Gasteiger partial charge in [0.25, 0.3) is 0 Å². The molecule has 1 rings (SSSR count). The molecule has 0 amide bonds. The summed E-state index contributed by atoms with van der Waals surface area (Å²) >= 11 is 3.29. The van der Waals surface area contributed by atoms with Gasteiger partial charge in [0.15, 0.2) is 0 Å². The third kappa shape index (κ3) is 3.66. The highest BCUT2D eigenvalue weighted by Crippen LogP contribution is 2.30. The van der Waals surface area contributed by atoms with Crippen LogP contribution < -0.4 is 0 Å². The number of carbonyl (C=O) groups excluding carboxylic acids is 1. The van der Waals surface area contributed by atoms with E-state index in [4.69, 9.17) is 5.11 Å². The Morgan fingerprint density at radius 1 is 1.41 bits per heavy atom. The smallest absolute Gasteiger partial charge is 0.335 e. The van der Waals surface area contributed by atoms with Crippen LogP contribution >= 0.6 is 15.9 Å². The zero-order valence-electron chi connectivity index (χ0n) is 9.81. The lowest BCUT2D eigenvalue weighted by Crippen LogP contribution is -2.22. The Labute approximate surface area is 109 Å². The minimum absolute atomic E-state index is 0.174. The van der Waals surface area contributed by atoms with Gasteiger partial charge in [-0.2, -0.15) is 0 Å². The van der Waals surface area contributed by atoms with Crippen molar-refractivity contribution in [2.75, 3.05) is 0 Å². The van der Waals surface area contributed by atoms with Crippen LogP contribution in [0.1, 0.15) is 36.2 Å². The summed E-state index contributed by atoms with van der Waals surface area (Å²) in [7, 11) is 0. The summed E-state index contributed by atoms with van der Waals surface area (Å²) in [5, 5.41) is 8.81. The molecule has 0 saturated carbocycles. The zero-order valence-corrected chi connectivity index (χ0v) is 11.4. The summed E-state index contributed by atoms with van der Waals surface area (Å²) in [6, 6.07) is 6.77. The molecule has 0 aliphatic carbocycles. The van der Waals surface area contributed by atoms with Gasteiger partial charge in [-0.25, -0.2) is 4.79 Å². The minimum Gasteiger partial charge on any atom is -0.478 e. The van der Waals surface area contributed by atoms with Crippen molar-refractivity contribution in [1.29, 1.82) is 0 Å². The maximum absolute atomic E-state index is 10.7. The van der Waals surface area contributed by atoms with Gasteiger partial charge in [-0.3, -0.25) is 0 Å². The van der Waals surface area contributed by atoms with Gasteiger partial charge in [-0.05, 0) is 29.5 Å². The van der Waals surface area contributed by atoms with Gasteiger partial charge < -0.3 is 9.90 Å². The van der Waals surface area contributed by atoms with E-state index in [-0.39, 0.29) is 15.8 Å². The average molecular weight is 299 g/mol. The molecule has 3 nitrogen and oxygen atoms in total. The molecule has 0 radical (unpaired) electrons. The number of aromatic carboxylic acids is 1. The molecule has 0 aromatic heterocycles. The number of alkyl halides is 1. The molecule has 0 bridgehead atoms. The Morgan fingerprint density at radius 2 is 1.94 bits per heavy atom. The van der Waals surface area contributed by atoms with Crippen molar-refractivity contribution < 1.29 is 14.7 Å². The number of rotatable bonds is 5. The second-order valence-corrected chi connectivity index (χ2v) is 5.80. The molecule has 1 aromatic carbocycles. The van der Waals surface area contributed by atoms with Crippen LogP contribution in [0.5, 0.6) is 0 Å². The van der Waals surface area contributed by atoms with Crippen molar-refractivity contribution in [3.8, 4) is 0 Å². The van der Waals surface area contributed by atoms with Crippen LogP contribution in [-0.2, 0) is 10.2 Å². The van der Waals surface area contributed by atoms with Crippen LogP contribution in [0.15, 0.2) is 24.3 Å². The summed E-state index contributed by atoms with van der Waals surface area (Å²) in [5.74, 6) is -0.930. The predicted molar refractivity (Wildman–Crippen MR) is 69.8 cm³/mol. The van der Waals surface area contributed by atoms with E-state index in [0.717, 1.165) is 11.8 Å². The Bertz CT molecular complexity index is 409. The Balaban J connectivity index is 2.91. The first-order valence-corrected chi connectivity index (χ1v) is 6.21. The van der Waals surface area contributed by atoms with E-state index in [0.29, 0.717) is 6.42 Å². The lowest BCUT2D eigenvalue weighted by Gasteiger charge is -2.26. The average Bonchev–Trinajstić information content (AvgIpc) is 2.28. The third-order valence-electron chi connectivity index (χ3n) is 2.77. The van der Waals surface area contributed by atoms with Crippen molar-refractivity contribution in [3.63, 3.8) is 0 Å². The van der Waals surface area contributed by atoms with Gasteiger partial charge in [0.2, 0.25) is 0 Å². The van der Waals surface area contributed by atoms with Crippen LogP contribution in [0.2, 0.25) is 0 Å². The SMILES string of the molecule is CC(C)(C[C@@H](Br)C=O)c1ccc(C(=O)O)cc1. The molecule has 1 N–H and O–H groups in total. The van der Waals surface area contributed by atoms with E-state index >= 15 is 0 Å². The second-order valence-electron chi connectivity index (χ2n) is 4.62. The van der Waals surface area contributed by atoms with Crippen molar-refractivity contribution in [2.24, 2.45) is 0 Å². The van der Waals surface area contributed by atoms with Crippen molar-refractivity contribution in [3.05, 3.63) is 35.4 Å². The quantitative estimate of drug-likeness (QED) is 0.671. The fourth-order valence-corrected chi connectivity index (χ4v) is 2.53. The molecular weight excluding hydrogens is 284 g/mol. The molecule has 0 aliphatic heterocycles. The highest BCUT2D eigenvalue weighted by atomic mass is 79.9. The number of halogens is 1. The lowest BCUT2D eigenvalue weighted by atomic mass is 9.80. The largest absolute Gasteiger partial charge is 0.478 e. The van der Waals surface area contributed by atoms with Gasteiger partial charge in [0.05, 0.1) is 10.4 Å². The molecule has 92 valence electrons. The normalized spacial score (nSPS) is 13.1. The maximum atomic E-state index is 10.7. The highest BCUT2D eigenvalue weighted by Gasteiger charge is 2.24. The van der Waals surface area contributed by atoms with E-state index in [2.05, 4.69) is 15.9 Å². The lowest BCUT2D eigenvalue weighted by molar-refractivity contribution is -0.107. The fraction of sp³-hybridized carbons (Fsp3) is 0.385. The van der Waals surface area contributed by atoms with E-state index in [1.165, 1.54) is 0 Å². The summed E-state index contributed by atoms with van der Waals surface area (Å²) in [4.78, 5) is 21.2. The molecule has 0 heterocycles. The summed E-state index contributed by atoms with van der Waals surface area (Å²) in [6.07, 6.45) is 1.54. The molecular formula is C13H15BrO3. The molecule has 0 aliphatic rings. The van der Waals surface area contributed by atoms with Crippen molar-refractivity contribution >= 4 is 28.2 Å². The van der Waals surface area contributed by atoms with Gasteiger partial charge in [-0.1, -0.05) is 41.9 Å². The first kappa shape index (κ1) is 13.9. The van der Waals surface area contributed by atoms with Gasteiger partial charge >= 0.3 is 5.97 Å². The van der Waals surface area contributed by atoms with E-state index in [9.17, 15) is 9.59 Å². The standard InChI is InChI=1S/C13H15BrO3/c1-13(2,7-11(14)8-15)10-5-3-9(4-6-10)12(16)17/h3-6,8,11H,7H2,1-2H3,(H,16,17)/t11-/m1/s1. The zero-order chi connectivity index (χ0) is 13.1. The molecule has 1 aromatic rings. The Kier molecular flexibility index (Phi) is 4.46. The molecule has 0 unspecified atom stereocenters. The van der Waals surface area contributed by atoms with Crippen LogP contribution in [-0.4, -0.2) is 22.2 Å². The molecule has 1 atom stereocenters. The van der Waals surface area contributed by atoms with E-state index in [1.54, 1.807) is 24.3 Å². The maximum Gasteiger partial charge on any atom is 0.335 e. The topological polar surface area (TPSA) is 54.4 Å². The molecule has 0 saturated heterocycles. The van der Waals surface area contributed by atoms with Gasteiger partial charge in [-0.15, -0.1) is 0 Å². The summed E-state index contributed by atoms with van der Waals surface area (Å²) < 4.78 is 0. The Morgan fingerprint density at radius 3 is 2.35 bits per heavy atom. The first-order chi connectivity index (χ1) is 7.86. The van der Waals surface area contributed by atoms with Gasteiger partial charge in [0, 0.05) is 0 Å². The number of benzene rings is 1. The number of carbonyl (C=O) groups is 2. The number of hydrogen-bond donors (Lipinski definition) is 1. The summed E-state index contributed by atoms with van der Waals surface area (Å²) in [5.41, 5.74) is 1.12. The number of carboxylic acids is 1. The van der Waals surface area contributed by atoms with E-state index < -0.39 is 5.97 Å². The highest BCUT2D eigenvalue weighted by molar-refractivity contribution is 9.09. The summed E-state index contributed by atoms with van der Waals surface area (Å²) in [6.45, 7) is 4.06. The number of hydrogen-bond acceptors (Lipinski definition) is 2. The van der Waals surface area contributed by atoms with Gasteiger partial charge in [0.1, 0.15) is 6.29 Å². The Hall–Kier alpha value is -1.16. The number of aldehydes is 1. The molecule has 0 spiro atoms. The van der Waals surface area contributed by atoms with Crippen LogP contribution in [0.3, 0.4) is 0 Å². The van der Waals surface area contributed by atoms with Crippen LogP contribution in [0, 0.1) is 0 Å². The van der Waals surface area contributed by atoms with Crippen molar-refractivity contribution in [1.82, 2.24) is 0 Å². The predicted octanol–water partition coefficient (Wildman–Crippen LogP) is 3.01. The van der Waals surface area contributed by atoms with Crippen LogP contribution in [0.4, 0.5) is 0 Å². The minimum atomic E-state index is -0.930. The first-order valence-electron chi connectivity index (χ1n) is 5.30. The molecule has 4 heteroatoms. The monoisotopic (exact) mass is 298 g/mol. The molecule has 0 fully saturated rings. The van der Waals surface area contributed by atoms with E-state index in [1.807, 2.05) is 13.8 Å². The van der Waals surface area contributed by atoms with Crippen molar-refractivity contribution in [2.45, 2.75) is 30.5 Å². The molecule has 17 heavy (non-hydrogen) atoms. The third-order valence-corrected chi connectivity index (χ3v) is 3.31. The fourth-order valence-electron chi connectivity index (χ4n) is 1.72. The van der Waals surface area contributed by atoms with Crippen LogP contribution in [0.25, 0.3) is 0 Å². The number of carboxylic acid groups (broad SMARTS) is 1.